The Morgan fingerprint density at radius 2 is 1.84 bits per heavy atom. The van der Waals surface area contributed by atoms with Gasteiger partial charge in [-0.05, 0) is 44.2 Å². The molecule has 0 spiro atoms. The Morgan fingerprint density at radius 1 is 1.22 bits per heavy atom. The van der Waals surface area contributed by atoms with Crippen LogP contribution >= 0.6 is 0 Å². The van der Waals surface area contributed by atoms with Crippen molar-refractivity contribution in [2.45, 2.75) is 46.3 Å². The van der Waals surface area contributed by atoms with Crippen molar-refractivity contribution < 1.29 is 18.0 Å². The van der Waals surface area contributed by atoms with Gasteiger partial charge in [-0.25, -0.2) is 4.68 Å². The normalized spacial score (nSPS) is 20.7. The van der Waals surface area contributed by atoms with Gasteiger partial charge in [0.05, 0.1) is 11.3 Å². The van der Waals surface area contributed by atoms with Crippen LogP contribution in [0.25, 0.3) is 5.69 Å². The third-order valence-electron chi connectivity index (χ3n) is 5.61. The molecule has 1 amide bonds. The number of piperidine rings is 1. The third-order valence-corrected chi connectivity index (χ3v) is 5.61. The molecule has 1 aromatic carbocycles. The monoisotopic (exact) mass is 450 g/mol. The molecule has 174 valence electrons. The number of rotatable bonds is 5. The minimum absolute atomic E-state index is 0.201. The number of para-hydroxylation sites is 1. The maximum absolute atomic E-state index is 13.5. The second kappa shape index (κ2) is 9.44. The Hall–Kier alpha value is -2.68. The number of aromatic nitrogens is 2. The SMILES string of the molecule is Cc1cc(=O)c(C(=O)N[C@H](C)CN2C[C@H](C)C[C@H](C)C2)nn1-c1ccccc1C(F)(F)F. The van der Waals surface area contributed by atoms with Gasteiger partial charge >= 0.3 is 6.18 Å². The molecule has 1 aliphatic heterocycles. The number of hydrogen-bond donors (Lipinski definition) is 1. The molecular weight excluding hydrogens is 421 g/mol. The van der Waals surface area contributed by atoms with E-state index in [1.54, 1.807) is 0 Å². The van der Waals surface area contributed by atoms with Gasteiger partial charge < -0.3 is 10.2 Å². The molecule has 32 heavy (non-hydrogen) atoms. The van der Waals surface area contributed by atoms with Crippen LogP contribution < -0.4 is 10.7 Å². The number of aryl methyl sites for hydroxylation is 1. The molecule has 9 heteroatoms. The van der Waals surface area contributed by atoms with Gasteiger partial charge in [0.25, 0.3) is 5.91 Å². The van der Waals surface area contributed by atoms with Crippen LogP contribution in [0.15, 0.2) is 35.1 Å². The summed E-state index contributed by atoms with van der Waals surface area (Å²) in [5, 5.41) is 6.80. The van der Waals surface area contributed by atoms with E-state index in [1.165, 1.54) is 31.5 Å². The maximum atomic E-state index is 13.5. The molecule has 1 aliphatic rings. The van der Waals surface area contributed by atoms with Crippen LogP contribution in [0, 0.1) is 18.8 Å². The van der Waals surface area contributed by atoms with Crippen molar-refractivity contribution in [3.8, 4) is 5.69 Å². The van der Waals surface area contributed by atoms with Crippen LogP contribution in [0.5, 0.6) is 0 Å². The average Bonchev–Trinajstić information content (AvgIpc) is 2.66. The number of benzene rings is 1. The summed E-state index contributed by atoms with van der Waals surface area (Å²) in [6, 6.07) is 5.81. The fourth-order valence-electron chi connectivity index (χ4n) is 4.51. The highest BCUT2D eigenvalue weighted by molar-refractivity contribution is 5.92. The number of nitrogens with zero attached hydrogens (tertiary/aromatic N) is 3. The fourth-order valence-corrected chi connectivity index (χ4v) is 4.51. The van der Waals surface area contributed by atoms with E-state index in [0.717, 1.165) is 29.9 Å². The van der Waals surface area contributed by atoms with Gasteiger partial charge in [0, 0.05) is 37.4 Å². The molecule has 3 atom stereocenters. The van der Waals surface area contributed by atoms with Crippen LogP contribution in [-0.4, -0.2) is 46.3 Å². The van der Waals surface area contributed by atoms with Gasteiger partial charge in [0.2, 0.25) is 5.43 Å². The van der Waals surface area contributed by atoms with E-state index in [4.69, 9.17) is 0 Å². The van der Waals surface area contributed by atoms with Gasteiger partial charge in [-0.3, -0.25) is 9.59 Å². The number of alkyl halides is 3. The largest absolute Gasteiger partial charge is 0.418 e. The molecule has 3 rings (SSSR count). The van der Waals surface area contributed by atoms with Crippen molar-refractivity contribution in [1.82, 2.24) is 20.0 Å². The number of likely N-dealkylation sites (tertiary alicyclic amines) is 1. The van der Waals surface area contributed by atoms with Gasteiger partial charge in [0.1, 0.15) is 0 Å². The smallest absolute Gasteiger partial charge is 0.347 e. The molecule has 6 nitrogen and oxygen atoms in total. The summed E-state index contributed by atoms with van der Waals surface area (Å²) in [5.74, 6) is 0.446. The van der Waals surface area contributed by atoms with Crippen molar-refractivity contribution in [2.24, 2.45) is 11.8 Å². The highest BCUT2D eigenvalue weighted by Gasteiger charge is 2.34. The van der Waals surface area contributed by atoms with Crippen LogP contribution in [0.3, 0.4) is 0 Å². The molecule has 2 heterocycles. The van der Waals surface area contributed by atoms with E-state index in [0.29, 0.717) is 18.4 Å². The summed E-state index contributed by atoms with van der Waals surface area (Å²) in [5.41, 5.74) is -2.00. The van der Waals surface area contributed by atoms with E-state index in [1.807, 2.05) is 6.92 Å². The lowest BCUT2D eigenvalue weighted by Crippen LogP contribution is -2.47. The van der Waals surface area contributed by atoms with Crippen molar-refractivity contribution in [1.29, 1.82) is 0 Å². The predicted molar refractivity (Wildman–Crippen MR) is 116 cm³/mol. The van der Waals surface area contributed by atoms with Gasteiger partial charge in [-0.2, -0.15) is 18.3 Å². The molecule has 1 fully saturated rings. The number of amides is 1. The molecule has 2 aromatic rings. The minimum Gasteiger partial charge on any atom is -0.347 e. The average molecular weight is 451 g/mol. The van der Waals surface area contributed by atoms with Crippen LogP contribution in [0.4, 0.5) is 13.2 Å². The highest BCUT2D eigenvalue weighted by Crippen LogP contribution is 2.33. The molecule has 0 saturated carbocycles. The summed E-state index contributed by atoms with van der Waals surface area (Å²) >= 11 is 0. The number of halogens is 3. The first-order chi connectivity index (χ1) is 15.0. The lowest BCUT2D eigenvalue weighted by Gasteiger charge is -2.36. The van der Waals surface area contributed by atoms with Crippen molar-refractivity contribution >= 4 is 5.91 Å². The van der Waals surface area contributed by atoms with Crippen LogP contribution in [-0.2, 0) is 6.18 Å². The lowest BCUT2D eigenvalue weighted by molar-refractivity contribution is -0.137. The first-order valence-corrected chi connectivity index (χ1v) is 10.8. The zero-order valence-corrected chi connectivity index (χ0v) is 18.7. The number of hydrogen-bond acceptors (Lipinski definition) is 4. The molecular formula is C23H29F3N4O2. The number of carbonyl (C=O) groups is 1. The Kier molecular flexibility index (Phi) is 7.07. The zero-order valence-electron chi connectivity index (χ0n) is 18.7. The third kappa shape index (κ3) is 5.56. The molecule has 0 radical (unpaired) electrons. The number of carbonyl (C=O) groups excluding carboxylic acids is 1. The summed E-state index contributed by atoms with van der Waals surface area (Å²) in [4.78, 5) is 27.5. The Bertz CT molecular complexity index is 1020. The lowest BCUT2D eigenvalue weighted by atomic mass is 9.92. The zero-order chi connectivity index (χ0) is 23.6. The molecule has 0 aliphatic carbocycles. The van der Waals surface area contributed by atoms with E-state index in [2.05, 4.69) is 29.2 Å². The Labute approximate surface area is 185 Å². The van der Waals surface area contributed by atoms with E-state index >= 15 is 0 Å². The quantitative estimate of drug-likeness (QED) is 0.755. The second-order valence-electron chi connectivity index (χ2n) is 8.96. The van der Waals surface area contributed by atoms with E-state index in [-0.39, 0.29) is 17.4 Å². The molecule has 1 aromatic heterocycles. The predicted octanol–water partition coefficient (Wildman–Crippen LogP) is 3.66. The van der Waals surface area contributed by atoms with Crippen molar-refractivity contribution in [3.63, 3.8) is 0 Å². The van der Waals surface area contributed by atoms with Crippen molar-refractivity contribution in [3.05, 3.63) is 57.5 Å². The second-order valence-corrected chi connectivity index (χ2v) is 8.96. The van der Waals surface area contributed by atoms with Gasteiger partial charge in [0.15, 0.2) is 5.69 Å². The maximum Gasteiger partial charge on any atom is 0.418 e. The fraction of sp³-hybridized carbons (Fsp3) is 0.522. The standard InChI is InChI=1S/C23H29F3N4O2/c1-14-9-15(2)12-29(11-14)13-16(3)27-22(32)21-20(31)10-17(4)30(28-21)19-8-6-5-7-18(19)23(24,25)26/h5-8,10,14-16H,9,11-13H2,1-4H3,(H,27,32)/t14-,15+,16-/m1/s1. The van der Waals surface area contributed by atoms with E-state index in [9.17, 15) is 22.8 Å². The van der Waals surface area contributed by atoms with Gasteiger partial charge in [-0.1, -0.05) is 26.0 Å². The molecule has 1 N–H and O–H groups in total. The summed E-state index contributed by atoms with van der Waals surface area (Å²) in [7, 11) is 0. The van der Waals surface area contributed by atoms with E-state index < -0.39 is 28.8 Å². The highest BCUT2D eigenvalue weighted by atomic mass is 19.4. The van der Waals surface area contributed by atoms with Gasteiger partial charge in [-0.15, -0.1) is 0 Å². The molecule has 0 bridgehead atoms. The topological polar surface area (TPSA) is 67.2 Å². The Balaban J connectivity index is 1.83. The molecule has 0 unspecified atom stereocenters. The minimum atomic E-state index is -4.60. The molecule has 1 saturated heterocycles. The summed E-state index contributed by atoms with van der Waals surface area (Å²) in [6.07, 6.45) is -3.43. The summed E-state index contributed by atoms with van der Waals surface area (Å²) < 4.78 is 41.4. The van der Waals surface area contributed by atoms with Crippen LogP contribution in [0.1, 0.15) is 48.9 Å². The first kappa shape index (κ1) is 24.0. The first-order valence-electron chi connectivity index (χ1n) is 10.8. The summed E-state index contributed by atoms with van der Waals surface area (Å²) in [6.45, 7) is 10.2. The van der Waals surface area contributed by atoms with Crippen molar-refractivity contribution in [2.75, 3.05) is 19.6 Å². The Morgan fingerprint density at radius 3 is 2.47 bits per heavy atom. The number of nitrogens with one attached hydrogen (secondary N) is 1. The van der Waals surface area contributed by atoms with Crippen LogP contribution in [0.2, 0.25) is 0 Å².